The summed E-state index contributed by atoms with van der Waals surface area (Å²) in [5, 5.41) is 15.3. The number of nitrogens with zero attached hydrogens (tertiary/aromatic N) is 3. The SMILES string of the molecule is CN(CCC(=O)O)C(=O)NCCCn1cc(Br)cn1. The number of hydrogen-bond acceptors (Lipinski definition) is 3. The van der Waals surface area contributed by atoms with Gasteiger partial charge < -0.3 is 15.3 Å². The predicted octanol–water partition coefficient (Wildman–Crippen LogP) is 1.15. The van der Waals surface area contributed by atoms with E-state index >= 15 is 0 Å². The molecule has 0 saturated carbocycles. The number of urea groups is 1. The largest absolute Gasteiger partial charge is 0.481 e. The number of amides is 2. The number of carbonyl (C=O) groups excluding carboxylic acids is 1. The van der Waals surface area contributed by atoms with Gasteiger partial charge in [-0.05, 0) is 22.4 Å². The van der Waals surface area contributed by atoms with Gasteiger partial charge in [0.2, 0.25) is 0 Å². The fourth-order valence-electron chi connectivity index (χ4n) is 1.40. The zero-order chi connectivity index (χ0) is 14.3. The molecule has 0 atom stereocenters. The molecule has 0 unspecified atom stereocenters. The Morgan fingerprint density at radius 2 is 2.32 bits per heavy atom. The summed E-state index contributed by atoms with van der Waals surface area (Å²) in [6.45, 7) is 1.44. The molecule has 1 aromatic heterocycles. The minimum Gasteiger partial charge on any atom is -0.481 e. The fourth-order valence-corrected chi connectivity index (χ4v) is 1.72. The Morgan fingerprint density at radius 3 is 2.89 bits per heavy atom. The average Bonchev–Trinajstić information content (AvgIpc) is 2.77. The van der Waals surface area contributed by atoms with E-state index in [9.17, 15) is 9.59 Å². The number of carboxylic acids is 1. The maximum Gasteiger partial charge on any atom is 0.317 e. The number of carboxylic acid groups (broad SMARTS) is 1. The molecule has 0 aromatic carbocycles. The van der Waals surface area contributed by atoms with Gasteiger partial charge in [0, 0.05) is 32.9 Å². The normalized spacial score (nSPS) is 10.2. The van der Waals surface area contributed by atoms with Crippen LogP contribution in [-0.2, 0) is 11.3 Å². The molecule has 106 valence electrons. The lowest BCUT2D eigenvalue weighted by Crippen LogP contribution is -2.39. The first kappa shape index (κ1) is 15.5. The van der Waals surface area contributed by atoms with Crippen LogP contribution in [0, 0.1) is 0 Å². The molecule has 7 nitrogen and oxygen atoms in total. The Morgan fingerprint density at radius 1 is 1.58 bits per heavy atom. The second kappa shape index (κ2) is 7.78. The van der Waals surface area contributed by atoms with Crippen molar-refractivity contribution in [2.45, 2.75) is 19.4 Å². The van der Waals surface area contributed by atoms with Crippen molar-refractivity contribution in [2.75, 3.05) is 20.1 Å². The van der Waals surface area contributed by atoms with Crippen molar-refractivity contribution in [1.82, 2.24) is 20.0 Å². The summed E-state index contributed by atoms with van der Waals surface area (Å²) in [5.74, 6) is -0.913. The van der Waals surface area contributed by atoms with E-state index in [4.69, 9.17) is 5.11 Å². The van der Waals surface area contributed by atoms with Crippen LogP contribution >= 0.6 is 15.9 Å². The lowest BCUT2D eigenvalue weighted by molar-refractivity contribution is -0.137. The number of hydrogen-bond donors (Lipinski definition) is 2. The molecular formula is C11H17BrN4O3. The third kappa shape index (κ3) is 6.23. The summed E-state index contributed by atoms with van der Waals surface area (Å²) < 4.78 is 2.70. The molecule has 2 amide bonds. The summed E-state index contributed by atoms with van der Waals surface area (Å²) in [6.07, 6.45) is 4.27. The van der Waals surface area contributed by atoms with E-state index in [2.05, 4.69) is 26.3 Å². The lowest BCUT2D eigenvalue weighted by Gasteiger charge is -2.16. The molecule has 0 saturated heterocycles. The van der Waals surface area contributed by atoms with E-state index in [1.165, 1.54) is 4.90 Å². The van der Waals surface area contributed by atoms with Crippen LogP contribution in [0.25, 0.3) is 0 Å². The highest BCUT2D eigenvalue weighted by Crippen LogP contribution is 2.06. The number of halogens is 1. The van der Waals surface area contributed by atoms with E-state index in [-0.39, 0.29) is 19.0 Å². The molecule has 2 N–H and O–H groups in total. The molecule has 0 fully saturated rings. The van der Waals surface area contributed by atoms with Gasteiger partial charge >= 0.3 is 12.0 Å². The monoisotopic (exact) mass is 332 g/mol. The van der Waals surface area contributed by atoms with Crippen LogP contribution in [0.2, 0.25) is 0 Å². The molecular weight excluding hydrogens is 316 g/mol. The maximum atomic E-state index is 11.6. The minimum atomic E-state index is -0.913. The minimum absolute atomic E-state index is 0.0504. The standard InChI is InChI=1S/C11H17BrN4O3/c1-15(6-3-10(17)18)11(19)13-4-2-5-16-8-9(12)7-14-16/h7-8H,2-6H2,1H3,(H,13,19)(H,17,18). The molecule has 0 radical (unpaired) electrons. The first-order chi connectivity index (χ1) is 8.99. The van der Waals surface area contributed by atoms with Crippen LogP contribution in [0.3, 0.4) is 0 Å². The molecule has 0 bridgehead atoms. The lowest BCUT2D eigenvalue weighted by atomic mass is 10.4. The first-order valence-corrected chi connectivity index (χ1v) is 6.67. The van der Waals surface area contributed by atoms with Crippen LogP contribution < -0.4 is 5.32 Å². The quantitative estimate of drug-likeness (QED) is 0.733. The predicted molar refractivity (Wildman–Crippen MR) is 72.8 cm³/mol. The highest BCUT2D eigenvalue weighted by molar-refractivity contribution is 9.10. The molecule has 0 aliphatic carbocycles. The highest BCUT2D eigenvalue weighted by Gasteiger charge is 2.08. The first-order valence-electron chi connectivity index (χ1n) is 5.87. The van der Waals surface area contributed by atoms with Crippen LogP contribution in [-0.4, -0.2) is 51.9 Å². The Labute approximate surface area is 119 Å². The highest BCUT2D eigenvalue weighted by atomic mass is 79.9. The number of aryl methyl sites for hydroxylation is 1. The van der Waals surface area contributed by atoms with Gasteiger partial charge in [-0.15, -0.1) is 0 Å². The van der Waals surface area contributed by atoms with Crippen molar-refractivity contribution in [1.29, 1.82) is 0 Å². The zero-order valence-electron chi connectivity index (χ0n) is 10.7. The molecule has 0 aliphatic rings. The molecule has 0 spiro atoms. The van der Waals surface area contributed by atoms with E-state index in [1.807, 2.05) is 6.20 Å². The molecule has 19 heavy (non-hydrogen) atoms. The Balaban J connectivity index is 2.14. The number of nitrogens with one attached hydrogen (secondary N) is 1. The van der Waals surface area contributed by atoms with Gasteiger partial charge in [0.1, 0.15) is 0 Å². The molecule has 1 aromatic rings. The van der Waals surface area contributed by atoms with Gasteiger partial charge in [0.25, 0.3) is 0 Å². The van der Waals surface area contributed by atoms with Crippen LogP contribution in [0.1, 0.15) is 12.8 Å². The number of aliphatic carboxylic acids is 1. The van der Waals surface area contributed by atoms with Gasteiger partial charge in [0.05, 0.1) is 17.1 Å². The van der Waals surface area contributed by atoms with E-state index < -0.39 is 5.97 Å². The fraction of sp³-hybridized carbons (Fsp3) is 0.545. The van der Waals surface area contributed by atoms with E-state index in [0.717, 1.165) is 10.9 Å². The third-order valence-corrected chi connectivity index (χ3v) is 2.86. The number of rotatable bonds is 7. The van der Waals surface area contributed by atoms with Gasteiger partial charge in [-0.1, -0.05) is 0 Å². The maximum absolute atomic E-state index is 11.6. The molecule has 1 heterocycles. The summed E-state index contributed by atoms with van der Waals surface area (Å²) in [4.78, 5) is 23.3. The molecule has 0 aliphatic heterocycles. The van der Waals surface area contributed by atoms with Crippen molar-refractivity contribution in [3.8, 4) is 0 Å². The Hall–Kier alpha value is -1.57. The van der Waals surface area contributed by atoms with Crippen molar-refractivity contribution in [3.05, 3.63) is 16.9 Å². The van der Waals surface area contributed by atoms with Crippen LogP contribution in [0.15, 0.2) is 16.9 Å². The smallest absolute Gasteiger partial charge is 0.317 e. The topological polar surface area (TPSA) is 87.5 Å². The van der Waals surface area contributed by atoms with Crippen molar-refractivity contribution >= 4 is 27.9 Å². The van der Waals surface area contributed by atoms with Crippen LogP contribution in [0.5, 0.6) is 0 Å². The Bertz CT molecular complexity index is 435. The van der Waals surface area contributed by atoms with Crippen molar-refractivity contribution < 1.29 is 14.7 Å². The summed E-state index contributed by atoms with van der Waals surface area (Å²) >= 11 is 3.30. The zero-order valence-corrected chi connectivity index (χ0v) is 12.3. The van der Waals surface area contributed by atoms with E-state index in [0.29, 0.717) is 13.1 Å². The van der Waals surface area contributed by atoms with E-state index in [1.54, 1.807) is 17.9 Å². The van der Waals surface area contributed by atoms with Gasteiger partial charge in [-0.25, -0.2) is 4.79 Å². The second-order valence-corrected chi connectivity index (χ2v) is 4.99. The Kier molecular flexibility index (Phi) is 6.34. The second-order valence-electron chi connectivity index (χ2n) is 4.07. The summed E-state index contributed by atoms with van der Waals surface area (Å²) in [7, 11) is 1.57. The summed E-state index contributed by atoms with van der Waals surface area (Å²) in [6, 6.07) is -0.261. The van der Waals surface area contributed by atoms with Crippen LogP contribution in [0.4, 0.5) is 4.79 Å². The van der Waals surface area contributed by atoms with Crippen molar-refractivity contribution in [2.24, 2.45) is 0 Å². The third-order valence-electron chi connectivity index (χ3n) is 2.45. The number of aromatic nitrogens is 2. The van der Waals surface area contributed by atoms with Gasteiger partial charge in [0.15, 0.2) is 0 Å². The molecule has 1 rings (SSSR count). The van der Waals surface area contributed by atoms with Crippen molar-refractivity contribution in [3.63, 3.8) is 0 Å². The van der Waals surface area contributed by atoms with Gasteiger partial charge in [-0.3, -0.25) is 9.48 Å². The van der Waals surface area contributed by atoms with Gasteiger partial charge in [-0.2, -0.15) is 5.10 Å². The average molecular weight is 333 g/mol. The summed E-state index contributed by atoms with van der Waals surface area (Å²) in [5.41, 5.74) is 0. The molecule has 8 heteroatoms. The number of carbonyl (C=O) groups is 2.